The maximum atomic E-state index is 12.1. The van der Waals surface area contributed by atoms with Gasteiger partial charge in [0.25, 0.3) is 0 Å². The zero-order valence-corrected chi connectivity index (χ0v) is 19.2. The van der Waals surface area contributed by atoms with Gasteiger partial charge in [0.1, 0.15) is 0 Å². The smallest absolute Gasteiger partial charge is 0.415 e. The molecule has 0 saturated carbocycles. The molecule has 0 atom stereocenters. The number of rotatable bonds is 6. The molecular weight excluding hydrogens is 508 g/mol. The van der Waals surface area contributed by atoms with E-state index in [0.717, 1.165) is 48.5 Å². The summed E-state index contributed by atoms with van der Waals surface area (Å²) in [7, 11) is 0. The highest BCUT2D eigenvalue weighted by atomic mass is 16.6. The van der Waals surface area contributed by atoms with Gasteiger partial charge in [0, 0.05) is 13.1 Å². The summed E-state index contributed by atoms with van der Waals surface area (Å²) in [5.41, 5.74) is 0.169. The van der Waals surface area contributed by atoms with Crippen molar-refractivity contribution in [1.82, 2.24) is 10.6 Å². The molecule has 0 aliphatic rings. The number of amides is 2. The van der Waals surface area contributed by atoms with E-state index in [1.807, 2.05) is 0 Å². The summed E-state index contributed by atoms with van der Waals surface area (Å²) < 4.78 is 9.22. The summed E-state index contributed by atoms with van der Waals surface area (Å²) >= 11 is 0. The Labute approximate surface area is 212 Å². The molecule has 0 bridgehead atoms. The molecule has 0 saturated heterocycles. The van der Waals surface area contributed by atoms with Crippen LogP contribution in [0.25, 0.3) is 0 Å². The van der Waals surface area contributed by atoms with Crippen molar-refractivity contribution in [2.45, 2.75) is 13.1 Å². The Morgan fingerprint density at radius 2 is 0.842 bits per heavy atom. The van der Waals surface area contributed by atoms with Crippen molar-refractivity contribution in [3.8, 4) is 34.5 Å². The lowest BCUT2D eigenvalue weighted by Gasteiger charge is -2.09. The molecular formula is C24H20N2O12. The fraction of sp³-hybridized carbons (Fsp3) is 0.0833. The van der Waals surface area contributed by atoms with Crippen LogP contribution in [0.2, 0.25) is 0 Å². The normalized spacial score (nSPS) is 10.3. The van der Waals surface area contributed by atoms with Gasteiger partial charge in [-0.2, -0.15) is 0 Å². The van der Waals surface area contributed by atoms with Crippen molar-refractivity contribution in [2.24, 2.45) is 0 Å². The van der Waals surface area contributed by atoms with Crippen LogP contribution in [0.3, 0.4) is 0 Å². The first kappa shape index (κ1) is 26.9. The topological polar surface area (TPSA) is 232 Å². The highest BCUT2D eigenvalue weighted by Gasteiger charge is 2.17. The molecule has 0 aliphatic carbocycles. The van der Waals surface area contributed by atoms with Gasteiger partial charge in [-0.1, -0.05) is 0 Å². The molecule has 14 heteroatoms. The van der Waals surface area contributed by atoms with Crippen LogP contribution >= 0.6 is 0 Å². The second kappa shape index (κ2) is 11.4. The molecule has 0 spiro atoms. The summed E-state index contributed by atoms with van der Waals surface area (Å²) in [4.78, 5) is 48.0. The van der Waals surface area contributed by atoms with Crippen molar-refractivity contribution in [3.63, 3.8) is 0 Å². The minimum absolute atomic E-state index is 0.118. The zero-order chi connectivity index (χ0) is 28.0. The van der Waals surface area contributed by atoms with E-state index in [1.165, 1.54) is 0 Å². The van der Waals surface area contributed by atoms with Gasteiger partial charge in [-0.3, -0.25) is 0 Å². The van der Waals surface area contributed by atoms with Crippen LogP contribution in [0.5, 0.6) is 34.5 Å². The van der Waals surface area contributed by atoms with E-state index >= 15 is 0 Å². The largest absolute Gasteiger partial charge is 0.504 e. The van der Waals surface area contributed by atoms with Crippen molar-refractivity contribution < 1.29 is 59.3 Å². The highest BCUT2D eigenvalue weighted by Crippen LogP contribution is 2.36. The standard InChI is InChI=1S/C24H20N2O12/c27-15-5-11(6-16(28)19(15)31)9-25-23(35)37-21(33)13-1-2-14(4-3-13)22(34)38-24(36)26-10-12-7-17(29)20(32)18(30)8-12/h1-8,27-32H,9-10H2,(H,25,35)(H,26,36). The molecule has 38 heavy (non-hydrogen) atoms. The lowest BCUT2D eigenvalue weighted by molar-refractivity contribution is 0.0602. The van der Waals surface area contributed by atoms with Crippen LogP contribution in [-0.4, -0.2) is 54.8 Å². The molecule has 0 radical (unpaired) electrons. The van der Waals surface area contributed by atoms with E-state index in [-0.39, 0.29) is 35.3 Å². The third-order valence-electron chi connectivity index (χ3n) is 4.86. The summed E-state index contributed by atoms with van der Waals surface area (Å²) in [6.07, 6.45) is -2.31. The van der Waals surface area contributed by atoms with E-state index in [2.05, 4.69) is 20.1 Å². The third-order valence-corrected chi connectivity index (χ3v) is 4.86. The number of phenols is 6. The van der Waals surface area contributed by atoms with E-state index in [0.29, 0.717) is 0 Å². The number of benzene rings is 3. The van der Waals surface area contributed by atoms with Gasteiger partial charge < -0.3 is 50.7 Å². The first-order chi connectivity index (χ1) is 17.9. The van der Waals surface area contributed by atoms with Gasteiger partial charge >= 0.3 is 24.1 Å². The molecule has 0 aliphatic heterocycles. The van der Waals surface area contributed by atoms with Crippen molar-refractivity contribution in [2.75, 3.05) is 0 Å². The van der Waals surface area contributed by atoms with Crippen molar-refractivity contribution in [1.29, 1.82) is 0 Å². The Kier molecular flexibility index (Phi) is 8.07. The maximum Gasteiger partial charge on any atom is 0.415 e. The average Bonchev–Trinajstić information content (AvgIpc) is 2.87. The van der Waals surface area contributed by atoms with E-state index < -0.39 is 58.6 Å². The molecule has 0 fully saturated rings. The number of ether oxygens (including phenoxy) is 2. The van der Waals surface area contributed by atoms with Gasteiger partial charge in [-0.25, -0.2) is 19.2 Å². The van der Waals surface area contributed by atoms with Gasteiger partial charge in [0.15, 0.2) is 34.5 Å². The molecule has 0 unspecified atom stereocenters. The molecule has 2 amide bonds. The molecule has 14 nitrogen and oxygen atoms in total. The quantitative estimate of drug-likeness (QED) is 0.130. The molecule has 0 heterocycles. The van der Waals surface area contributed by atoms with Gasteiger partial charge in [0.05, 0.1) is 11.1 Å². The maximum absolute atomic E-state index is 12.1. The van der Waals surface area contributed by atoms with Crippen LogP contribution in [0.4, 0.5) is 9.59 Å². The third kappa shape index (κ3) is 6.72. The number of hydrogen-bond acceptors (Lipinski definition) is 12. The number of nitrogens with one attached hydrogen (secondary N) is 2. The predicted molar refractivity (Wildman–Crippen MR) is 125 cm³/mol. The van der Waals surface area contributed by atoms with E-state index in [9.17, 15) is 49.8 Å². The lowest BCUT2D eigenvalue weighted by atomic mass is 10.1. The van der Waals surface area contributed by atoms with Gasteiger partial charge in [0.2, 0.25) is 0 Å². The monoisotopic (exact) mass is 528 g/mol. The second-order valence-corrected chi connectivity index (χ2v) is 7.60. The number of carbonyl (C=O) groups is 4. The van der Waals surface area contributed by atoms with E-state index in [4.69, 9.17) is 0 Å². The SMILES string of the molecule is O=C(NCc1cc(O)c(O)c(O)c1)OC(=O)c1ccc(C(=O)OC(=O)NCc2cc(O)c(O)c(O)c2)cc1. The van der Waals surface area contributed by atoms with Crippen LogP contribution < -0.4 is 10.6 Å². The van der Waals surface area contributed by atoms with Crippen molar-refractivity contribution in [3.05, 3.63) is 70.8 Å². The Hall–Kier alpha value is -5.66. The Morgan fingerprint density at radius 3 is 1.13 bits per heavy atom. The minimum atomic E-state index is -1.16. The lowest BCUT2D eigenvalue weighted by Crippen LogP contribution is -2.27. The first-order valence-corrected chi connectivity index (χ1v) is 10.5. The molecule has 8 N–H and O–H groups in total. The Balaban J connectivity index is 1.48. The number of phenolic OH excluding ortho intramolecular Hbond substituents is 6. The Morgan fingerprint density at radius 1 is 0.553 bits per heavy atom. The number of alkyl carbamates (subject to hydrolysis) is 2. The molecule has 3 rings (SSSR count). The summed E-state index contributed by atoms with van der Waals surface area (Å²) in [5, 5.41) is 60.9. The fourth-order valence-electron chi connectivity index (χ4n) is 2.98. The first-order valence-electron chi connectivity index (χ1n) is 10.5. The van der Waals surface area contributed by atoms with E-state index in [1.54, 1.807) is 0 Å². The second-order valence-electron chi connectivity index (χ2n) is 7.60. The van der Waals surface area contributed by atoms with Gasteiger partial charge in [-0.15, -0.1) is 0 Å². The summed E-state index contributed by atoms with van der Waals surface area (Å²) in [6.45, 7) is -0.509. The number of carbonyl (C=O) groups excluding carboxylic acids is 4. The number of aromatic hydroxyl groups is 6. The summed E-state index contributed by atoms with van der Waals surface area (Å²) in [5.74, 6) is -6.04. The zero-order valence-electron chi connectivity index (χ0n) is 19.2. The molecule has 0 aromatic heterocycles. The number of esters is 2. The summed E-state index contributed by atoms with van der Waals surface area (Å²) in [6, 6.07) is 8.89. The van der Waals surface area contributed by atoms with Crippen LogP contribution in [0, 0.1) is 0 Å². The Bertz CT molecular complexity index is 1250. The molecule has 198 valence electrons. The molecule has 3 aromatic carbocycles. The van der Waals surface area contributed by atoms with Crippen LogP contribution in [-0.2, 0) is 22.6 Å². The predicted octanol–water partition coefficient (Wildman–Crippen LogP) is 2.05. The van der Waals surface area contributed by atoms with Crippen LogP contribution in [0.15, 0.2) is 48.5 Å². The van der Waals surface area contributed by atoms with Crippen LogP contribution in [0.1, 0.15) is 31.8 Å². The highest BCUT2D eigenvalue weighted by molar-refractivity contribution is 5.99. The molecule has 3 aromatic rings. The number of hydrogen-bond donors (Lipinski definition) is 8. The minimum Gasteiger partial charge on any atom is -0.504 e. The average molecular weight is 528 g/mol. The van der Waals surface area contributed by atoms with Crippen molar-refractivity contribution >= 4 is 24.1 Å². The fourth-order valence-corrected chi connectivity index (χ4v) is 2.98. The van der Waals surface area contributed by atoms with Gasteiger partial charge in [-0.05, 0) is 59.7 Å².